The van der Waals surface area contributed by atoms with Crippen molar-refractivity contribution >= 4 is 11.8 Å². The van der Waals surface area contributed by atoms with Crippen molar-refractivity contribution in [2.24, 2.45) is 5.92 Å². The van der Waals surface area contributed by atoms with Gasteiger partial charge in [-0.2, -0.15) is 0 Å². The van der Waals surface area contributed by atoms with E-state index >= 15 is 0 Å². The summed E-state index contributed by atoms with van der Waals surface area (Å²) in [4.78, 5) is 26.3. The lowest BCUT2D eigenvalue weighted by Crippen LogP contribution is -2.65. The fourth-order valence-corrected chi connectivity index (χ4v) is 2.66. The van der Waals surface area contributed by atoms with Crippen molar-refractivity contribution in [2.75, 3.05) is 0 Å². The molecule has 1 heterocycles. The second-order valence-electron chi connectivity index (χ2n) is 5.47. The van der Waals surface area contributed by atoms with E-state index in [9.17, 15) is 9.59 Å². The zero-order valence-electron chi connectivity index (χ0n) is 10.9. The van der Waals surface area contributed by atoms with Gasteiger partial charge in [0.2, 0.25) is 11.8 Å². The Bertz CT molecular complexity index is 323. The summed E-state index contributed by atoms with van der Waals surface area (Å²) in [5.74, 6) is 0.549. The Balaban J connectivity index is 2.18. The summed E-state index contributed by atoms with van der Waals surface area (Å²) in [6.07, 6.45) is 3.82. The van der Waals surface area contributed by atoms with Crippen LogP contribution in [0.2, 0.25) is 0 Å². The topological polar surface area (TPSA) is 49.4 Å². The number of amides is 2. The highest BCUT2D eigenvalue weighted by atomic mass is 16.2. The molecular weight excluding hydrogens is 216 g/mol. The van der Waals surface area contributed by atoms with E-state index in [2.05, 4.69) is 5.32 Å². The fourth-order valence-electron chi connectivity index (χ4n) is 2.66. The molecule has 2 amide bonds. The van der Waals surface area contributed by atoms with Gasteiger partial charge in [-0.25, -0.2) is 0 Å². The van der Waals surface area contributed by atoms with Crippen LogP contribution in [0.25, 0.3) is 0 Å². The second-order valence-corrected chi connectivity index (χ2v) is 5.47. The van der Waals surface area contributed by atoms with Crippen LogP contribution in [-0.4, -0.2) is 34.8 Å². The van der Waals surface area contributed by atoms with E-state index in [4.69, 9.17) is 0 Å². The first-order valence-corrected chi connectivity index (χ1v) is 6.68. The predicted octanol–water partition coefficient (Wildman–Crippen LogP) is 1.30. The first kappa shape index (κ1) is 12.4. The molecule has 2 atom stereocenters. The first-order valence-electron chi connectivity index (χ1n) is 6.68. The molecule has 1 aliphatic heterocycles. The molecule has 96 valence electrons. The minimum absolute atomic E-state index is 0.0389. The molecule has 0 spiro atoms. The molecule has 0 aromatic heterocycles. The van der Waals surface area contributed by atoms with Gasteiger partial charge in [0.1, 0.15) is 12.1 Å². The summed E-state index contributed by atoms with van der Waals surface area (Å²) >= 11 is 0. The predicted molar refractivity (Wildman–Crippen MR) is 65.3 cm³/mol. The van der Waals surface area contributed by atoms with Gasteiger partial charge in [-0.3, -0.25) is 9.59 Å². The minimum Gasteiger partial charge on any atom is -0.342 e. The minimum atomic E-state index is -0.262. The average Bonchev–Trinajstić information content (AvgIpc) is 3.06. The molecule has 0 aromatic carbocycles. The van der Waals surface area contributed by atoms with Crippen LogP contribution in [-0.2, 0) is 9.59 Å². The van der Waals surface area contributed by atoms with Crippen molar-refractivity contribution in [1.82, 2.24) is 10.2 Å². The lowest BCUT2D eigenvalue weighted by Gasteiger charge is -2.41. The van der Waals surface area contributed by atoms with E-state index in [1.54, 1.807) is 4.90 Å². The SMILES string of the molecule is CCCC1C(=O)NC(C2CC2)C(=O)N1C(C)C. The molecule has 2 aliphatic rings. The summed E-state index contributed by atoms with van der Waals surface area (Å²) in [6, 6.07) is -0.410. The molecule has 0 radical (unpaired) electrons. The molecule has 4 heteroatoms. The Morgan fingerprint density at radius 2 is 2.00 bits per heavy atom. The number of carbonyl (C=O) groups is 2. The van der Waals surface area contributed by atoms with Crippen molar-refractivity contribution in [1.29, 1.82) is 0 Å². The molecule has 1 saturated heterocycles. The van der Waals surface area contributed by atoms with Crippen LogP contribution >= 0.6 is 0 Å². The van der Waals surface area contributed by atoms with E-state index in [0.29, 0.717) is 5.92 Å². The average molecular weight is 238 g/mol. The van der Waals surface area contributed by atoms with Crippen LogP contribution in [0, 0.1) is 5.92 Å². The Kier molecular flexibility index (Phi) is 3.40. The molecule has 0 aromatic rings. The molecule has 4 nitrogen and oxygen atoms in total. The third kappa shape index (κ3) is 2.31. The molecule has 2 fully saturated rings. The monoisotopic (exact) mass is 238 g/mol. The Morgan fingerprint density at radius 1 is 1.35 bits per heavy atom. The summed E-state index contributed by atoms with van der Waals surface area (Å²) in [7, 11) is 0. The number of piperazine rings is 1. The van der Waals surface area contributed by atoms with Gasteiger partial charge in [-0.1, -0.05) is 13.3 Å². The number of rotatable bonds is 4. The highest BCUT2D eigenvalue weighted by Crippen LogP contribution is 2.35. The van der Waals surface area contributed by atoms with Crippen LogP contribution in [0.3, 0.4) is 0 Å². The van der Waals surface area contributed by atoms with Crippen molar-refractivity contribution in [3.05, 3.63) is 0 Å². The maximum atomic E-state index is 12.4. The normalized spacial score (nSPS) is 29.8. The van der Waals surface area contributed by atoms with Gasteiger partial charge in [0.25, 0.3) is 0 Å². The van der Waals surface area contributed by atoms with Gasteiger partial charge < -0.3 is 10.2 Å². The maximum absolute atomic E-state index is 12.4. The van der Waals surface area contributed by atoms with E-state index in [1.165, 1.54) is 0 Å². The largest absolute Gasteiger partial charge is 0.342 e. The van der Waals surface area contributed by atoms with Crippen molar-refractivity contribution in [3.8, 4) is 0 Å². The smallest absolute Gasteiger partial charge is 0.246 e. The van der Waals surface area contributed by atoms with Crippen LogP contribution in [0.1, 0.15) is 46.5 Å². The van der Waals surface area contributed by atoms with E-state index in [0.717, 1.165) is 25.7 Å². The first-order chi connectivity index (χ1) is 8.06. The number of nitrogens with zero attached hydrogens (tertiary/aromatic N) is 1. The molecule has 1 saturated carbocycles. The molecule has 0 bridgehead atoms. The van der Waals surface area contributed by atoms with Gasteiger partial charge >= 0.3 is 0 Å². The van der Waals surface area contributed by atoms with E-state index in [1.807, 2.05) is 20.8 Å². The highest BCUT2D eigenvalue weighted by Gasteiger charge is 2.47. The Morgan fingerprint density at radius 3 is 2.47 bits per heavy atom. The molecule has 2 unspecified atom stereocenters. The lowest BCUT2D eigenvalue weighted by atomic mass is 9.99. The number of hydrogen-bond donors (Lipinski definition) is 1. The third-order valence-corrected chi connectivity index (χ3v) is 3.67. The van der Waals surface area contributed by atoms with Gasteiger partial charge in [0.15, 0.2) is 0 Å². The van der Waals surface area contributed by atoms with Gasteiger partial charge in [-0.15, -0.1) is 0 Å². The van der Waals surface area contributed by atoms with Crippen molar-refractivity contribution < 1.29 is 9.59 Å². The molecule has 17 heavy (non-hydrogen) atoms. The fraction of sp³-hybridized carbons (Fsp3) is 0.846. The summed E-state index contributed by atoms with van der Waals surface area (Å²) in [5.41, 5.74) is 0. The van der Waals surface area contributed by atoms with Crippen molar-refractivity contribution in [2.45, 2.75) is 64.6 Å². The summed E-state index contributed by atoms with van der Waals surface area (Å²) in [6.45, 7) is 6.02. The van der Waals surface area contributed by atoms with Gasteiger partial charge in [-0.05, 0) is 39.0 Å². The van der Waals surface area contributed by atoms with E-state index in [-0.39, 0.29) is 29.9 Å². The lowest BCUT2D eigenvalue weighted by molar-refractivity contribution is -0.152. The third-order valence-electron chi connectivity index (χ3n) is 3.67. The van der Waals surface area contributed by atoms with Crippen LogP contribution in [0.4, 0.5) is 0 Å². The van der Waals surface area contributed by atoms with E-state index < -0.39 is 0 Å². The van der Waals surface area contributed by atoms with Crippen LogP contribution in [0.5, 0.6) is 0 Å². The molecule has 1 N–H and O–H groups in total. The van der Waals surface area contributed by atoms with Crippen molar-refractivity contribution in [3.63, 3.8) is 0 Å². The molecular formula is C13H22N2O2. The molecule has 1 aliphatic carbocycles. The highest BCUT2D eigenvalue weighted by molar-refractivity contribution is 5.97. The maximum Gasteiger partial charge on any atom is 0.246 e. The zero-order chi connectivity index (χ0) is 12.6. The zero-order valence-corrected chi connectivity index (χ0v) is 10.9. The number of nitrogens with one attached hydrogen (secondary N) is 1. The Labute approximate surface area is 103 Å². The van der Waals surface area contributed by atoms with Crippen LogP contribution in [0.15, 0.2) is 0 Å². The summed E-state index contributed by atoms with van der Waals surface area (Å²) < 4.78 is 0. The van der Waals surface area contributed by atoms with Gasteiger partial charge in [0.05, 0.1) is 0 Å². The standard InChI is InChI=1S/C13H22N2O2/c1-4-5-10-12(16)14-11(9-6-7-9)13(17)15(10)8(2)3/h8-11H,4-7H2,1-3H3,(H,14,16). The number of hydrogen-bond acceptors (Lipinski definition) is 2. The Hall–Kier alpha value is -1.06. The van der Waals surface area contributed by atoms with Gasteiger partial charge in [0, 0.05) is 6.04 Å². The quantitative estimate of drug-likeness (QED) is 0.802. The second kappa shape index (κ2) is 4.67. The van der Waals surface area contributed by atoms with Crippen LogP contribution < -0.4 is 5.32 Å². The molecule has 2 rings (SSSR count). The number of carbonyl (C=O) groups excluding carboxylic acids is 2. The summed E-state index contributed by atoms with van der Waals surface area (Å²) in [5, 5.41) is 2.92.